The third-order valence-corrected chi connectivity index (χ3v) is 3.95. The summed E-state index contributed by atoms with van der Waals surface area (Å²) in [5, 5.41) is 3.00. The molecule has 1 aliphatic heterocycles. The molecule has 0 atom stereocenters. The number of amides is 1. The van der Waals surface area contributed by atoms with Gasteiger partial charge in [-0.3, -0.25) is 4.79 Å². The van der Waals surface area contributed by atoms with Crippen molar-refractivity contribution in [2.75, 3.05) is 18.5 Å². The van der Waals surface area contributed by atoms with Gasteiger partial charge in [0.2, 0.25) is 5.91 Å². The van der Waals surface area contributed by atoms with Crippen LogP contribution in [-0.2, 0) is 16.0 Å². The molecule has 104 valence electrons. The smallest absolute Gasteiger partial charge is 0.235 e. The first kappa shape index (κ1) is 14.1. The van der Waals surface area contributed by atoms with Crippen molar-refractivity contribution in [1.82, 2.24) is 0 Å². The van der Waals surface area contributed by atoms with E-state index in [0.717, 1.165) is 18.5 Å². The van der Waals surface area contributed by atoms with E-state index >= 15 is 0 Å². The summed E-state index contributed by atoms with van der Waals surface area (Å²) in [4.78, 5) is 12.2. The second kappa shape index (κ2) is 6.20. The fourth-order valence-electron chi connectivity index (χ4n) is 2.24. The van der Waals surface area contributed by atoms with Crippen LogP contribution in [0.4, 0.5) is 5.69 Å². The van der Waals surface area contributed by atoms with Crippen LogP contribution in [0.15, 0.2) is 24.3 Å². The van der Waals surface area contributed by atoms with Gasteiger partial charge >= 0.3 is 0 Å². The summed E-state index contributed by atoms with van der Waals surface area (Å²) < 4.78 is 5.19. The summed E-state index contributed by atoms with van der Waals surface area (Å²) in [6.45, 7) is 5.32. The Labute approximate surface area is 115 Å². The van der Waals surface area contributed by atoms with Gasteiger partial charge in [0.25, 0.3) is 0 Å². The highest BCUT2D eigenvalue weighted by molar-refractivity contribution is 5.96. The third-order valence-electron chi connectivity index (χ3n) is 3.95. The van der Waals surface area contributed by atoms with E-state index in [-0.39, 0.29) is 11.3 Å². The van der Waals surface area contributed by atoms with Gasteiger partial charge in [-0.25, -0.2) is 0 Å². The topological polar surface area (TPSA) is 38.3 Å². The van der Waals surface area contributed by atoms with Crippen molar-refractivity contribution in [3.8, 4) is 0 Å². The molecule has 1 amide bonds. The Kier molecular flexibility index (Phi) is 4.59. The van der Waals surface area contributed by atoms with Crippen LogP contribution in [0, 0.1) is 5.41 Å². The third kappa shape index (κ3) is 3.16. The molecule has 1 aliphatic rings. The number of ether oxygens (including phenoxy) is 1. The number of unbranched alkanes of at least 4 members (excludes halogenated alkanes) is 1. The standard InChI is InChI=1S/C16H23NO2/c1-3-5-6-13-7-9-14(10-8-13)17-15(18)16(4-2)11-19-12-16/h7-10H,3-6,11-12H2,1-2H3,(H,17,18). The number of benzene rings is 1. The quantitative estimate of drug-likeness (QED) is 0.852. The number of aryl methyl sites for hydroxylation is 1. The van der Waals surface area contributed by atoms with E-state index < -0.39 is 0 Å². The van der Waals surface area contributed by atoms with Crippen molar-refractivity contribution >= 4 is 11.6 Å². The maximum atomic E-state index is 12.2. The van der Waals surface area contributed by atoms with Gasteiger partial charge in [-0.05, 0) is 37.0 Å². The average molecular weight is 261 g/mol. The maximum Gasteiger partial charge on any atom is 0.235 e. The number of hydrogen-bond acceptors (Lipinski definition) is 2. The highest BCUT2D eigenvalue weighted by Gasteiger charge is 2.44. The lowest BCUT2D eigenvalue weighted by molar-refractivity contribution is -0.156. The lowest BCUT2D eigenvalue weighted by atomic mass is 9.82. The van der Waals surface area contributed by atoms with Crippen molar-refractivity contribution in [2.24, 2.45) is 5.41 Å². The van der Waals surface area contributed by atoms with Crippen LogP contribution in [0.1, 0.15) is 38.7 Å². The molecule has 19 heavy (non-hydrogen) atoms. The average Bonchev–Trinajstić information content (AvgIpc) is 2.37. The van der Waals surface area contributed by atoms with E-state index in [1.165, 1.54) is 18.4 Å². The lowest BCUT2D eigenvalue weighted by Gasteiger charge is -2.38. The molecule has 1 N–H and O–H groups in total. The molecule has 1 heterocycles. The number of hydrogen-bond donors (Lipinski definition) is 1. The van der Waals surface area contributed by atoms with Crippen LogP contribution in [0.25, 0.3) is 0 Å². The predicted molar refractivity (Wildman–Crippen MR) is 77.2 cm³/mol. The van der Waals surface area contributed by atoms with Crippen molar-refractivity contribution in [3.05, 3.63) is 29.8 Å². The van der Waals surface area contributed by atoms with Gasteiger partial charge in [-0.1, -0.05) is 32.4 Å². The zero-order valence-corrected chi connectivity index (χ0v) is 11.9. The van der Waals surface area contributed by atoms with Gasteiger partial charge in [0.15, 0.2) is 0 Å². The van der Waals surface area contributed by atoms with Crippen LogP contribution in [0.3, 0.4) is 0 Å². The summed E-state index contributed by atoms with van der Waals surface area (Å²) in [7, 11) is 0. The Balaban J connectivity index is 1.94. The summed E-state index contributed by atoms with van der Waals surface area (Å²) in [5.41, 5.74) is 1.91. The Morgan fingerprint density at radius 3 is 2.42 bits per heavy atom. The molecule has 3 heteroatoms. The lowest BCUT2D eigenvalue weighted by Crippen LogP contribution is -2.51. The van der Waals surface area contributed by atoms with Crippen LogP contribution < -0.4 is 5.32 Å². The number of anilines is 1. The highest BCUT2D eigenvalue weighted by atomic mass is 16.5. The zero-order valence-electron chi connectivity index (χ0n) is 11.9. The van der Waals surface area contributed by atoms with Gasteiger partial charge in [-0.2, -0.15) is 0 Å². The molecule has 1 aromatic carbocycles. The number of rotatable bonds is 6. The molecular formula is C16H23NO2. The van der Waals surface area contributed by atoms with Crippen molar-refractivity contribution in [3.63, 3.8) is 0 Å². The van der Waals surface area contributed by atoms with E-state index in [4.69, 9.17) is 4.74 Å². The Hall–Kier alpha value is -1.35. The Bertz CT molecular complexity index is 415. The first-order chi connectivity index (χ1) is 9.20. The molecule has 1 aromatic rings. The van der Waals surface area contributed by atoms with Gasteiger partial charge in [-0.15, -0.1) is 0 Å². The first-order valence-electron chi connectivity index (χ1n) is 7.18. The molecule has 0 unspecified atom stereocenters. The molecule has 0 spiro atoms. The van der Waals surface area contributed by atoms with Gasteiger partial charge < -0.3 is 10.1 Å². The minimum absolute atomic E-state index is 0.0857. The molecule has 0 radical (unpaired) electrons. The predicted octanol–water partition coefficient (Wildman–Crippen LogP) is 3.39. The second-order valence-corrected chi connectivity index (χ2v) is 5.38. The van der Waals surface area contributed by atoms with Crippen molar-refractivity contribution in [2.45, 2.75) is 39.5 Å². The van der Waals surface area contributed by atoms with Crippen LogP contribution in [-0.4, -0.2) is 19.1 Å². The van der Waals surface area contributed by atoms with Gasteiger partial charge in [0, 0.05) is 5.69 Å². The molecule has 0 aromatic heterocycles. The Morgan fingerprint density at radius 2 is 1.95 bits per heavy atom. The van der Waals surface area contributed by atoms with Crippen LogP contribution in [0.2, 0.25) is 0 Å². The summed E-state index contributed by atoms with van der Waals surface area (Å²) in [5.74, 6) is 0.0857. The van der Waals surface area contributed by atoms with Crippen LogP contribution in [0.5, 0.6) is 0 Å². The normalized spacial score (nSPS) is 16.7. The zero-order chi connectivity index (χ0) is 13.7. The summed E-state index contributed by atoms with van der Waals surface area (Å²) in [6, 6.07) is 8.18. The molecule has 0 bridgehead atoms. The molecule has 0 aliphatic carbocycles. The minimum Gasteiger partial charge on any atom is -0.379 e. The molecular weight excluding hydrogens is 238 g/mol. The molecule has 0 saturated carbocycles. The number of carbonyl (C=O) groups is 1. The highest BCUT2D eigenvalue weighted by Crippen LogP contribution is 2.32. The second-order valence-electron chi connectivity index (χ2n) is 5.38. The van der Waals surface area contributed by atoms with E-state index in [9.17, 15) is 4.79 Å². The fraction of sp³-hybridized carbons (Fsp3) is 0.562. The summed E-state index contributed by atoms with van der Waals surface area (Å²) >= 11 is 0. The van der Waals surface area contributed by atoms with E-state index in [2.05, 4.69) is 24.4 Å². The van der Waals surface area contributed by atoms with Gasteiger partial charge in [0.1, 0.15) is 0 Å². The van der Waals surface area contributed by atoms with Crippen LogP contribution >= 0.6 is 0 Å². The van der Waals surface area contributed by atoms with Gasteiger partial charge in [0.05, 0.1) is 18.6 Å². The molecule has 1 fully saturated rings. The largest absolute Gasteiger partial charge is 0.379 e. The van der Waals surface area contributed by atoms with Crippen molar-refractivity contribution < 1.29 is 9.53 Å². The first-order valence-corrected chi connectivity index (χ1v) is 7.18. The number of nitrogens with one attached hydrogen (secondary N) is 1. The van der Waals surface area contributed by atoms with E-state index in [1.807, 2.05) is 19.1 Å². The molecule has 2 rings (SSSR count). The van der Waals surface area contributed by atoms with E-state index in [0.29, 0.717) is 13.2 Å². The van der Waals surface area contributed by atoms with E-state index in [1.54, 1.807) is 0 Å². The summed E-state index contributed by atoms with van der Waals surface area (Å²) in [6.07, 6.45) is 4.35. The van der Waals surface area contributed by atoms with Crippen molar-refractivity contribution in [1.29, 1.82) is 0 Å². The monoisotopic (exact) mass is 261 g/mol. The Morgan fingerprint density at radius 1 is 1.26 bits per heavy atom. The SMILES string of the molecule is CCCCc1ccc(NC(=O)C2(CC)COC2)cc1. The maximum absolute atomic E-state index is 12.2. The number of carbonyl (C=O) groups excluding carboxylic acids is 1. The fourth-order valence-corrected chi connectivity index (χ4v) is 2.24. The minimum atomic E-state index is -0.305. The molecule has 3 nitrogen and oxygen atoms in total. The molecule has 1 saturated heterocycles.